The van der Waals surface area contributed by atoms with Gasteiger partial charge in [0.2, 0.25) is 0 Å². The Morgan fingerprint density at radius 2 is 1.71 bits per heavy atom. The maximum atomic E-state index is 13.3. The van der Waals surface area contributed by atoms with Crippen molar-refractivity contribution in [3.8, 4) is 5.69 Å². The zero-order chi connectivity index (χ0) is 21.6. The third kappa shape index (κ3) is 4.82. The molecule has 0 saturated heterocycles. The molecule has 1 aromatic carbocycles. The molecule has 4 rings (SSSR count). The van der Waals surface area contributed by atoms with E-state index in [1.807, 2.05) is 64.0 Å². The first-order chi connectivity index (χ1) is 15.2. The van der Waals surface area contributed by atoms with Gasteiger partial charge in [0.25, 0.3) is 11.5 Å². The number of nitrogens with one attached hydrogen (secondary N) is 1. The lowest BCUT2D eigenvalue weighted by Gasteiger charge is -2.21. The monoisotopic (exact) mass is 417 g/mol. The summed E-state index contributed by atoms with van der Waals surface area (Å²) in [6.07, 6.45) is 12.4. The lowest BCUT2D eigenvalue weighted by atomic mass is 9.95. The van der Waals surface area contributed by atoms with Crippen LogP contribution in [0.4, 0.5) is 5.69 Å². The summed E-state index contributed by atoms with van der Waals surface area (Å²) in [6.45, 7) is 2.81. The van der Waals surface area contributed by atoms with E-state index in [2.05, 4.69) is 12.2 Å². The van der Waals surface area contributed by atoms with Gasteiger partial charge in [0.1, 0.15) is 5.56 Å². The van der Waals surface area contributed by atoms with Crippen LogP contribution in [0.3, 0.4) is 0 Å². The van der Waals surface area contributed by atoms with Crippen LogP contribution in [-0.4, -0.2) is 15.0 Å². The maximum Gasteiger partial charge on any atom is 0.263 e. The lowest BCUT2D eigenvalue weighted by molar-refractivity contribution is 0.102. The molecule has 1 aliphatic rings. The van der Waals surface area contributed by atoms with E-state index in [4.69, 9.17) is 0 Å². The van der Waals surface area contributed by atoms with Crippen molar-refractivity contribution in [3.05, 3.63) is 82.0 Å². The summed E-state index contributed by atoms with van der Waals surface area (Å²) >= 11 is 0. The van der Waals surface area contributed by atoms with Crippen LogP contribution >= 0.6 is 0 Å². The zero-order valence-electron chi connectivity index (χ0n) is 18.3. The predicted molar refractivity (Wildman–Crippen MR) is 125 cm³/mol. The van der Waals surface area contributed by atoms with Gasteiger partial charge in [-0.05, 0) is 80.1 Å². The van der Waals surface area contributed by atoms with Crippen molar-refractivity contribution in [2.45, 2.75) is 64.8 Å². The van der Waals surface area contributed by atoms with E-state index in [0.717, 1.165) is 49.9 Å². The van der Waals surface area contributed by atoms with Gasteiger partial charge in [-0.2, -0.15) is 0 Å². The van der Waals surface area contributed by atoms with Crippen LogP contribution in [-0.2, 0) is 19.4 Å². The summed E-state index contributed by atoms with van der Waals surface area (Å²) in [5.74, 6) is -0.325. The number of rotatable bonds is 6. The highest BCUT2D eigenvalue weighted by molar-refractivity contribution is 6.04. The average molecular weight is 418 g/mol. The highest BCUT2D eigenvalue weighted by Crippen LogP contribution is 2.21. The molecule has 0 atom stereocenters. The van der Waals surface area contributed by atoms with Crippen molar-refractivity contribution in [3.63, 3.8) is 0 Å². The van der Waals surface area contributed by atoms with E-state index in [-0.39, 0.29) is 17.0 Å². The van der Waals surface area contributed by atoms with Crippen LogP contribution in [0.1, 0.15) is 67.1 Å². The third-order valence-electron chi connectivity index (χ3n) is 6.11. The van der Waals surface area contributed by atoms with Crippen molar-refractivity contribution in [2.75, 3.05) is 5.32 Å². The van der Waals surface area contributed by atoms with Crippen LogP contribution in [0.2, 0.25) is 0 Å². The van der Waals surface area contributed by atoms with Gasteiger partial charge in [0, 0.05) is 36.0 Å². The van der Waals surface area contributed by atoms with Gasteiger partial charge in [-0.25, -0.2) is 0 Å². The number of pyridine rings is 1. The van der Waals surface area contributed by atoms with E-state index in [0.29, 0.717) is 12.2 Å². The summed E-state index contributed by atoms with van der Waals surface area (Å²) in [4.78, 5) is 26.4. The molecule has 0 saturated carbocycles. The second-order valence-electron chi connectivity index (χ2n) is 8.35. The molecule has 162 valence electrons. The summed E-state index contributed by atoms with van der Waals surface area (Å²) in [7, 11) is 0. The standard InChI is InChI=1S/C26H31N3O2/c1-2-3-18-29-24-11-7-5-4-6-10-20(24)19-23(26(29)31)25(30)27-21-12-14-22(15-13-21)28-16-8-9-17-28/h8-9,12-17,19H,2-7,10-11,18H2,1H3,(H,27,30). The van der Waals surface area contributed by atoms with Crippen molar-refractivity contribution < 1.29 is 4.79 Å². The molecule has 1 aliphatic carbocycles. The number of aryl methyl sites for hydroxylation is 1. The number of hydrogen-bond donors (Lipinski definition) is 1. The summed E-state index contributed by atoms with van der Waals surface area (Å²) in [5.41, 5.74) is 4.12. The van der Waals surface area contributed by atoms with Gasteiger partial charge in [0.15, 0.2) is 0 Å². The molecule has 5 heteroatoms. The van der Waals surface area contributed by atoms with Crippen LogP contribution in [0.5, 0.6) is 0 Å². The molecule has 0 radical (unpaired) electrons. The van der Waals surface area contributed by atoms with E-state index in [9.17, 15) is 9.59 Å². The minimum atomic E-state index is -0.325. The normalized spacial score (nSPS) is 13.8. The lowest BCUT2D eigenvalue weighted by Crippen LogP contribution is -2.33. The zero-order valence-corrected chi connectivity index (χ0v) is 18.3. The maximum absolute atomic E-state index is 13.3. The first-order valence-corrected chi connectivity index (χ1v) is 11.5. The molecule has 3 aromatic rings. The highest BCUT2D eigenvalue weighted by atomic mass is 16.2. The topological polar surface area (TPSA) is 56.0 Å². The van der Waals surface area contributed by atoms with Crippen LogP contribution in [0.25, 0.3) is 5.69 Å². The van der Waals surface area contributed by atoms with Gasteiger partial charge in [-0.3, -0.25) is 9.59 Å². The van der Waals surface area contributed by atoms with Gasteiger partial charge in [-0.1, -0.05) is 26.2 Å². The van der Waals surface area contributed by atoms with Crippen LogP contribution in [0, 0.1) is 0 Å². The Hall–Kier alpha value is -3.08. The molecule has 5 nitrogen and oxygen atoms in total. The first-order valence-electron chi connectivity index (χ1n) is 11.5. The first kappa shape index (κ1) is 21.2. The van der Waals surface area contributed by atoms with Crippen molar-refractivity contribution >= 4 is 11.6 Å². The van der Waals surface area contributed by atoms with Crippen LogP contribution in [0.15, 0.2) is 59.7 Å². The summed E-state index contributed by atoms with van der Waals surface area (Å²) < 4.78 is 3.89. The van der Waals surface area contributed by atoms with Crippen molar-refractivity contribution in [1.29, 1.82) is 0 Å². The van der Waals surface area contributed by atoms with Gasteiger partial charge >= 0.3 is 0 Å². The Morgan fingerprint density at radius 1 is 1.00 bits per heavy atom. The molecule has 0 unspecified atom stereocenters. The Balaban J connectivity index is 1.62. The molecule has 0 fully saturated rings. The van der Waals surface area contributed by atoms with Gasteiger partial charge in [0.05, 0.1) is 0 Å². The van der Waals surface area contributed by atoms with Gasteiger partial charge in [-0.15, -0.1) is 0 Å². The number of nitrogens with zero attached hydrogens (tertiary/aromatic N) is 2. The molecule has 31 heavy (non-hydrogen) atoms. The van der Waals surface area contributed by atoms with Gasteiger partial charge < -0.3 is 14.5 Å². The quantitative estimate of drug-likeness (QED) is 0.588. The molecule has 1 amide bonds. The number of benzene rings is 1. The minimum Gasteiger partial charge on any atom is -0.324 e. The summed E-state index contributed by atoms with van der Waals surface area (Å²) in [5, 5.41) is 2.93. The highest BCUT2D eigenvalue weighted by Gasteiger charge is 2.20. The molecular weight excluding hydrogens is 386 g/mol. The minimum absolute atomic E-state index is 0.158. The molecule has 0 aliphatic heterocycles. The van der Waals surface area contributed by atoms with E-state index in [1.54, 1.807) is 0 Å². The number of fused-ring (bicyclic) bond motifs is 1. The average Bonchev–Trinajstić information content (AvgIpc) is 3.29. The number of hydrogen-bond acceptors (Lipinski definition) is 2. The molecule has 2 heterocycles. The fraction of sp³-hybridized carbons (Fsp3) is 0.385. The second-order valence-corrected chi connectivity index (χ2v) is 8.35. The molecular formula is C26H31N3O2. The fourth-order valence-corrected chi connectivity index (χ4v) is 4.37. The van der Waals surface area contributed by atoms with E-state index in [1.165, 1.54) is 18.4 Å². The number of amides is 1. The number of aromatic nitrogens is 2. The van der Waals surface area contributed by atoms with Crippen molar-refractivity contribution in [2.24, 2.45) is 0 Å². The second kappa shape index (κ2) is 9.82. The number of carbonyl (C=O) groups is 1. The molecule has 1 N–H and O–H groups in total. The third-order valence-corrected chi connectivity index (χ3v) is 6.11. The Labute approximate surface area is 183 Å². The predicted octanol–water partition coefficient (Wildman–Crippen LogP) is 5.35. The van der Waals surface area contributed by atoms with E-state index < -0.39 is 0 Å². The van der Waals surface area contributed by atoms with E-state index >= 15 is 0 Å². The molecule has 0 spiro atoms. The number of carbonyl (C=O) groups excluding carboxylic acids is 1. The fourth-order valence-electron chi connectivity index (χ4n) is 4.37. The number of anilines is 1. The largest absolute Gasteiger partial charge is 0.324 e. The smallest absolute Gasteiger partial charge is 0.263 e. The Kier molecular flexibility index (Phi) is 6.70. The van der Waals surface area contributed by atoms with Crippen molar-refractivity contribution in [1.82, 2.24) is 9.13 Å². The molecule has 2 aromatic heterocycles. The van der Waals surface area contributed by atoms with Crippen LogP contribution < -0.4 is 10.9 Å². The number of unbranched alkanes of at least 4 members (excludes halogenated alkanes) is 1. The Morgan fingerprint density at radius 3 is 2.42 bits per heavy atom. The summed E-state index contributed by atoms with van der Waals surface area (Å²) in [6, 6.07) is 13.5. The molecule has 0 bridgehead atoms. The Bertz CT molecular complexity index is 1080. The SMILES string of the molecule is CCCCn1c2c(cc(C(=O)Nc3ccc(-n4cccc4)cc3)c1=O)CCCCCC2.